The van der Waals surface area contributed by atoms with Crippen LogP contribution < -0.4 is 31.7 Å². The van der Waals surface area contributed by atoms with Gasteiger partial charge in [-0.2, -0.15) is 15.0 Å². The molecule has 1 aromatic heterocycles. The summed E-state index contributed by atoms with van der Waals surface area (Å²) in [5.74, 6) is 1.72. The van der Waals surface area contributed by atoms with Crippen LogP contribution in [0.15, 0.2) is 0 Å². The number of anilines is 3. The van der Waals surface area contributed by atoms with E-state index in [9.17, 15) is 0 Å². The lowest BCUT2D eigenvalue weighted by molar-refractivity contribution is 0.611. The van der Waals surface area contributed by atoms with Crippen molar-refractivity contribution in [3.63, 3.8) is 0 Å². The Kier molecular flexibility index (Phi) is 6.36. The zero-order valence-corrected chi connectivity index (χ0v) is 12.7. The van der Waals surface area contributed by atoms with Gasteiger partial charge in [0.1, 0.15) is 0 Å². The van der Waals surface area contributed by atoms with E-state index in [0.29, 0.717) is 44.0 Å². The molecule has 9 heteroatoms. The molecule has 1 rings (SSSR count). The Bertz CT molecular complexity index is 381. The minimum Gasteiger partial charge on any atom is -0.347 e. The third kappa shape index (κ3) is 4.44. The van der Waals surface area contributed by atoms with Crippen LogP contribution in [0.3, 0.4) is 0 Å². The van der Waals surface area contributed by atoms with Crippen molar-refractivity contribution in [2.45, 2.75) is 0 Å². The lowest BCUT2D eigenvalue weighted by Gasteiger charge is -2.24. The Morgan fingerprint density at radius 2 is 1.35 bits per heavy atom. The predicted molar refractivity (Wildman–Crippen MR) is 81.9 cm³/mol. The molecule has 114 valence electrons. The molecule has 20 heavy (non-hydrogen) atoms. The minimum absolute atomic E-state index is 0.484. The predicted octanol–water partition coefficient (Wildman–Crippen LogP) is -1.77. The molecular weight excluding hydrogens is 258 g/mol. The Balaban J connectivity index is 3.11. The van der Waals surface area contributed by atoms with E-state index in [4.69, 9.17) is 11.5 Å². The van der Waals surface area contributed by atoms with Crippen molar-refractivity contribution in [2.75, 3.05) is 69.2 Å². The maximum Gasteiger partial charge on any atom is 0.246 e. The Morgan fingerprint density at radius 1 is 0.850 bits per heavy atom. The second-order valence-electron chi connectivity index (χ2n) is 4.66. The van der Waals surface area contributed by atoms with E-state index in [2.05, 4.69) is 20.4 Å². The van der Waals surface area contributed by atoms with Crippen LogP contribution >= 0.6 is 0 Å². The third-order valence-corrected chi connectivity index (χ3v) is 2.44. The first-order chi connectivity index (χ1) is 9.49. The van der Waals surface area contributed by atoms with Gasteiger partial charge in [-0.1, -0.05) is 0 Å². The van der Waals surface area contributed by atoms with Gasteiger partial charge in [0, 0.05) is 54.4 Å². The average Bonchev–Trinajstić information content (AvgIpc) is 2.42. The normalized spacial score (nSPS) is 10.5. The molecule has 0 saturated heterocycles. The van der Waals surface area contributed by atoms with E-state index < -0.39 is 0 Å². The van der Waals surface area contributed by atoms with Gasteiger partial charge in [0.15, 0.2) is 0 Å². The van der Waals surface area contributed by atoms with E-state index in [1.807, 2.05) is 38.0 Å². The second-order valence-corrected chi connectivity index (χ2v) is 4.66. The van der Waals surface area contributed by atoms with Crippen molar-refractivity contribution in [1.29, 1.82) is 0 Å². The number of hydrogen-bond donors (Lipinski definition) is 3. The van der Waals surface area contributed by atoms with E-state index in [1.165, 1.54) is 0 Å². The number of hydrazine groups is 1. The van der Waals surface area contributed by atoms with Gasteiger partial charge >= 0.3 is 0 Å². The number of nitrogens with zero attached hydrogens (tertiary/aromatic N) is 6. The standard InChI is InChI=1S/C11H25N9/c1-18(2)9-15-10(19(3)4)17-11(16-9)20(8-6-13)14-7-5-12/h14H,5-8,12-13H2,1-4H3. The largest absolute Gasteiger partial charge is 0.347 e. The molecule has 1 aromatic rings. The summed E-state index contributed by atoms with van der Waals surface area (Å²) in [5.41, 5.74) is 14.3. The summed E-state index contributed by atoms with van der Waals surface area (Å²) in [6, 6.07) is 0. The van der Waals surface area contributed by atoms with Gasteiger partial charge in [0.05, 0.1) is 0 Å². The average molecular weight is 283 g/mol. The van der Waals surface area contributed by atoms with Crippen molar-refractivity contribution >= 4 is 17.8 Å². The summed E-state index contributed by atoms with van der Waals surface area (Å²) >= 11 is 0. The molecule has 0 aromatic carbocycles. The molecule has 0 spiro atoms. The zero-order valence-electron chi connectivity index (χ0n) is 12.7. The maximum atomic E-state index is 5.63. The third-order valence-electron chi connectivity index (χ3n) is 2.44. The van der Waals surface area contributed by atoms with E-state index >= 15 is 0 Å². The number of rotatable bonds is 8. The van der Waals surface area contributed by atoms with Crippen molar-refractivity contribution < 1.29 is 0 Å². The Hall–Kier alpha value is -1.71. The molecule has 0 aliphatic carbocycles. The fraction of sp³-hybridized carbons (Fsp3) is 0.727. The van der Waals surface area contributed by atoms with E-state index in [-0.39, 0.29) is 0 Å². The van der Waals surface area contributed by atoms with Crippen molar-refractivity contribution in [2.24, 2.45) is 11.5 Å². The van der Waals surface area contributed by atoms with Crippen molar-refractivity contribution in [3.05, 3.63) is 0 Å². The number of aromatic nitrogens is 3. The topological polar surface area (TPSA) is 112 Å². The molecule has 0 aliphatic heterocycles. The molecular formula is C11H25N9. The SMILES string of the molecule is CN(C)c1nc(N(C)C)nc(N(CCN)NCCN)n1. The Labute approximate surface area is 119 Å². The summed E-state index contributed by atoms with van der Waals surface area (Å²) in [6.45, 7) is 2.22. The van der Waals surface area contributed by atoms with Crippen LogP contribution in [0, 0.1) is 0 Å². The highest BCUT2D eigenvalue weighted by Crippen LogP contribution is 2.15. The van der Waals surface area contributed by atoms with Crippen LogP contribution in [-0.4, -0.2) is 69.3 Å². The van der Waals surface area contributed by atoms with Gasteiger partial charge in [0.2, 0.25) is 17.8 Å². The summed E-state index contributed by atoms with van der Waals surface area (Å²) in [5, 5.41) is 1.80. The molecule has 0 bridgehead atoms. The smallest absolute Gasteiger partial charge is 0.246 e. The first-order valence-corrected chi connectivity index (χ1v) is 6.51. The molecule has 0 saturated carbocycles. The maximum absolute atomic E-state index is 5.63. The van der Waals surface area contributed by atoms with Gasteiger partial charge < -0.3 is 21.3 Å². The lowest BCUT2D eigenvalue weighted by atomic mass is 10.6. The van der Waals surface area contributed by atoms with Crippen LogP contribution in [0.25, 0.3) is 0 Å². The van der Waals surface area contributed by atoms with Gasteiger partial charge in [-0.15, -0.1) is 0 Å². The summed E-state index contributed by atoms with van der Waals surface area (Å²) < 4.78 is 0. The zero-order chi connectivity index (χ0) is 15.1. The van der Waals surface area contributed by atoms with Crippen LogP contribution in [0.5, 0.6) is 0 Å². The lowest BCUT2D eigenvalue weighted by Crippen LogP contribution is -2.45. The number of hydrogen-bond acceptors (Lipinski definition) is 9. The van der Waals surface area contributed by atoms with Gasteiger partial charge in [0.25, 0.3) is 0 Å². The van der Waals surface area contributed by atoms with Crippen LogP contribution in [0.4, 0.5) is 17.8 Å². The fourth-order valence-corrected chi connectivity index (χ4v) is 1.44. The highest BCUT2D eigenvalue weighted by atomic mass is 15.6. The van der Waals surface area contributed by atoms with E-state index in [1.54, 1.807) is 5.01 Å². The number of nitrogens with two attached hydrogens (primary N) is 2. The van der Waals surface area contributed by atoms with E-state index in [0.717, 1.165) is 0 Å². The van der Waals surface area contributed by atoms with Crippen LogP contribution in [0.2, 0.25) is 0 Å². The van der Waals surface area contributed by atoms with Gasteiger partial charge in [-0.3, -0.25) is 5.01 Å². The molecule has 0 fully saturated rings. The monoisotopic (exact) mass is 283 g/mol. The van der Waals surface area contributed by atoms with Crippen molar-refractivity contribution in [3.8, 4) is 0 Å². The molecule has 1 heterocycles. The molecule has 0 atom stereocenters. The summed E-state index contributed by atoms with van der Waals surface area (Å²) in [7, 11) is 7.55. The molecule has 0 aliphatic rings. The minimum atomic E-state index is 0.484. The summed E-state index contributed by atoms with van der Waals surface area (Å²) in [6.07, 6.45) is 0. The highest BCUT2D eigenvalue weighted by Gasteiger charge is 2.14. The van der Waals surface area contributed by atoms with Crippen LogP contribution in [-0.2, 0) is 0 Å². The molecule has 0 unspecified atom stereocenters. The second kappa shape index (κ2) is 7.78. The summed E-state index contributed by atoms with van der Waals surface area (Å²) in [4.78, 5) is 16.9. The van der Waals surface area contributed by atoms with Gasteiger partial charge in [-0.05, 0) is 0 Å². The molecule has 5 N–H and O–H groups in total. The first kappa shape index (κ1) is 16.3. The Morgan fingerprint density at radius 3 is 1.75 bits per heavy atom. The first-order valence-electron chi connectivity index (χ1n) is 6.51. The van der Waals surface area contributed by atoms with Gasteiger partial charge in [-0.25, -0.2) is 5.43 Å². The van der Waals surface area contributed by atoms with Crippen LogP contribution in [0.1, 0.15) is 0 Å². The highest BCUT2D eigenvalue weighted by molar-refractivity contribution is 5.44. The molecule has 9 nitrogen and oxygen atoms in total. The fourth-order valence-electron chi connectivity index (χ4n) is 1.44. The molecule has 0 amide bonds. The number of nitrogens with one attached hydrogen (secondary N) is 1. The quantitative estimate of drug-likeness (QED) is 0.477. The molecule has 0 radical (unpaired) electrons. The van der Waals surface area contributed by atoms with Crippen molar-refractivity contribution in [1.82, 2.24) is 20.4 Å².